The molecule has 0 saturated heterocycles. The van der Waals surface area contributed by atoms with Crippen LogP contribution in [0.15, 0.2) is 6.33 Å². The van der Waals surface area contributed by atoms with E-state index in [-0.39, 0.29) is 6.61 Å². The summed E-state index contributed by atoms with van der Waals surface area (Å²) in [5, 5.41) is 13.2. The molecule has 0 aliphatic rings. The van der Waals surface area contributed by atoms with Crippen molar-refractivity contribution in [1.29, 1.82) is 0 Å². The Labute approximate surface area is 125 Å². The maximum atomic E-state index is 8.98. The monoisotopic (exact) mass is 291 g/mol. The summed E-state index contributed by atoms with van der Waals surface area (Å²) in [5.74, 6) is 0.806. The largest absolute Gasteiger partial charge is 0.395 e. The SMILES string of the molecule is Cc1c(C)n(CCCN(C)C)c2ncnc(NCCO)c12. The minimum atomic E-state index is 0.0903. The van der Waals surface area contributed by atoms with E-state index >= 15 is 0 Å². The summed E-state index contributed by atoms with van der Waals surface area (Å²) < 4.78 is 2.26. The second-order valence-electron chi connectivity index (χ2n) is 5.59. The van der Waals surface area contributed by atoms with Gasteiger partial charge in [0.15, 0.2) is 0 Å². The van der Waals surface area contributed by atoms with Gasteiger partial charge in [-0.2, -0.15) is 0 Å². The molecule has 21 heavy (non-hydrogen) atoms. The van der Waals surface area contributed by atoms with Crippen molar-refractivity contribution < 1.29 is 5.11 Å². The quantitative estimate of drug-likeness (QED) is 0.807. The lowest BCUT2D eigenvalue weighted by molar-refractivity contribution is 0.311. The molecule has 2 aromatic rings. The van der Waals surface area contributed by atoms with Crippen LogP contribution in [0.25, 0.3) is 11.0 Å². The molecule has 0 amide bonds. The van der Waals surface area contributed by atoms with Gasteiger partial charge in [-0.1, -0.05) is 0 Å². The first-order valence-electron chi connectivity index (χ1n) is 7.36. The number of anilines is 1. The van der Waals surface area contributed by atoms with E-state index in [1.165, 1.54) is 11.3 Å². The summed E-state index contributed by atoms with van der Waals surface area (Å²) in [6, 6.07) is 0. The van der Waals surface area contributed by atoms with Crippen LogP contribution in [0, 0.1) is 13.8 Å². The maximum Gasteiger partial charge on any atom is 0.145 e. The number of fused-ring (bicyclic) bond motifs is 1. The molecule has 6 nitrogen and oxygen atoms in total. The smallest absolute Gasteiger partial charge is 0.145 e. The molecule has 0 radical (unpaired) electrons. The summed E-state index contributed by atoms with van der Waals surface area (Å²) in [7, 11) is 4.18. The number of nitrogens with zero attached hydrogens (tertiary/aromatic N) is 4. The molecule has 0 fully saturated rings. The van der Waals surface area contributed by atoms with Crippen molar-refractivity contribution in [3.8, 4) is 0 Å². The lowest BCUT2D eigenvalue weighted by Gasteiger charge is -2.11. The van der Waals surface area contributed by atoms with Crippen molar-refractivity contribution >= 4 is 16.9 Å². The minimum Gasteiger partial charge on any atom is -0.395 e. The van der Waals surface area contributed by atoms with Crippen LogP contribution in [-0.2, 0) is 6.54 Å². The van der Waals surface area contributed by atoms with Crippen LogP contribution in [0.5, 0.6) is 0 Å². The number of hydrogen-bond donors (Lipinski definition) is 2. The van der Waals surface area contributed by atoms with E-state index in [4.69, 9.17) is 5.11 Å². The summed E-state index contributed by atoms with van der Waals surface area (Å²) in [6.45, 7) is 6.82. The van der Waals surface area contributed by atoms with E-state index in [9.17, 15) is 0 Å². The number of hydrogen-bond acceptors (Lipinski definition) is 5. The second-order valence-corrected chi connectivity index (χ2v) is 5.59. The van der Waals surface area contributed by atoms with Gasteiger partial charge in [-0.25, -0.2) is 9.97 Å². The van der Waals surface area contributed by atoms with Gasteiger partial charge in [0.1, 0.15) is 17.8 Å². The van der Waals surface area contributed by atoms with E-state index in [1.54, 1.807) is 6.33 Å². The average Bonchev–Trinajstić information content (AvgIpc) is 2.70. The highest BCUT2D eigenvalue weighted by molar-refractivity contribution is 5.91. The van der Waals surface area contributed by atoms with Gasteiger partial charge < -0.3 is 19.9 Å². The van der Waals surface area contributed by atoms with Gasteiger partial charge in [-0.3, -0.25) is 0 Å². The Morgan fingerprint density at radius 1 is 1.29 bits per heavy atom. The molecule has 6 heteroatoms. The van der Waals surface area contributed by atoms with E-state index in [0.29, 0.717) is 6.54 Å². The van der Waals surface area contributed by atoms with Gasteiger partial charge in [-0.15, -0.1) is 0 Å². The molecule has 0 atom stereocenters. The van der Waals surface area contributed by atoms with E-state index < -0.39 is 0 Å². The fraction of sp³-hybridized carbons (Fsp3) is 0.600. The van der Waals surface area contributed by atoms with E-state index in [1.807, 2.05) is 0 Å². The van der Waals surface area contributed by atoms with Crippen molar-refractivity contribution in [2.75, 3.05) is 39.1 Å². The van der Waals surface area contributed by atoms with Gasteiger partial charge in [0.05, 0.1) is 12.0 Å². The molecule has 0 unspecified atom stereocenters. The number of aliphatic hydroxyl groups excluding tert-OH is 1. The normalized spacial score (nSPS) is 11.5. The van der Waals surface area contributed by atoms with Crippen molar-refractivity contribution in [3.05, 3.63) is 17.6 Å². The molecule has 2 rings (SSSR count). The third-order valence-corrected chi connectivity index (χ3v) is 3.80. The van der Waals surface area contributed by atoms with Gasteiger partial charge in [0.2, 0.25) is 0 Å². The second kappa shape index (κ2) is 6.87. The molecule has 0 saturated carbocycles. The Balaban J connectivity index is 2.36. The first-order valence-corrected chi connectivity index (χ1v) is 7.36. The van der Waals surface area contributed by atoms with Crippen LogP contribution in [0.2, 0.25) is 0 Å². The lowest BCUT2D eigenvalue weighted by Crippen LogP contribution is -2.15. The summed E-state index contributed by atoms with van der Waals surface area (Å²) in [6.07, 6.45) is 2.67. The standard InChI is InChI=1S/C15H25N5O/c1-11-12(2)20(8-5-7-19(3)4)15-13(11)14(16-6-9-21)17-10-18-15/h10,21H,5-9H2,1-4H3,(H,16,17,18). The van der Waals surface area contributed by atoms with Gasteiger partial charge in [-0.05, 0) is 46.5 Å². The fourth-order valence-electron chi connectivity index (χ4n) is 2.60. The number of rotatable bonds is 7. The topological polar surface area (TPSA) is 66.2 Å². The number of aryl methyl sites for hydroxylation is 2. The Kier molecular flexibility index (Phi) is 5.14. The Bertz CT molecular complexity index is 606. The molecule has 2 heterocycles. The maximum absolute atomic E-state index is 8.98. The molecule has 0 aromatic carbocycles. The zero-order valence-electron chi connectivity index (χ0n) is 13.3. The van der Waals surface area contributed by atoms with Crippen molar-refractivity contribution in [2.24, 2.45) is 0 Å². The third kappa shape index (κ3) is 3.33. The highest BCUT2D eigenvalue weighted by Gasteiger charge is 2.15. The molecule has 0 bridgehead atoms. The summed E-state index contributed by atoms with van der Waals surface area (Å²) >= 11 is 0. The van der Waals surface area contributed by atoms with Gasteiger partial charge in [0.25, 0.3) is 0 Å². The molecular weight excluding hydrogens is 266 g/mol. The zero-order chi connectivity index (χ0) is 15.4. The number of aliphatic hydroxyl groups is 1. The minimum absolute atomic E-state index is 0.0903. The lowest BCUT2D eigenvalue weighted by atomic mass is 10.2. The van der Waals surface area contributed by atoms with Crippen molar-refractivity contribution in [2.45, 2.75) is 26.8 Å². The average molecular weight is 291 g/mol. The van der Waals surface area contributed by atoms with E-state index in [0.717, 1.165) is 36.4 Å². The predicted molar refractivity (Wildman–Crippen MR) is 85.7 cm³/mol. The molecule has 2 aromatic heterocycles. The summed E-state index contributed by atoms with van der Waals surface area (Å²) in [5.41, 5.74) is 3.41. The van der Waals surface area contributed by atoms with Crippen LogP contribution < -0.4 is 5.32 Å². The molecular formula is C15H25N5O. The number of nitrogens with one attached hydrogen (secondary N) is 1. The molecule has 0 spiro atoms. The Morgan fingerprint density at radius 2 is 2.05 bits per heavy atom. The van der Waals surface area contributed by atoms with Crippen LogP contribution in [-0.4, -0.2) is 58.3 Å². The van der Waals surface area contributed by atoms with Crippen LogP contribution in [0.4, 0.5) is 5.82 Å². The third-order valence-electron chi connectivity index (χ3n) is 3.80. The first-order chi connectivity index (χ1) is 10.1. The molecule has 0 aliphatic carbocycles. The predicted octanol–water partition coefficient (Wildman–Crippen LogP) is 1.40. The van der Waals surface area contributed by atoms with Crippen molar-refractivity contribution in [1.82, 2.24) is 19.4 Å². The van der Waals surface area contributed by atoms with Gasteiger partial charge in [0, 0.05) is 18.8 Å². The van der Waals surface area contributed by atoms with Crippen LogP contribution in [0.3, 0.4) is 0 Å². The highest BCUT2D eigenvalue weighted by atomic mass is 16.3. The highest BCUT2D eigenvalue weighted by Crippen LogP contribution is 2.28. The molecule has 2 N–H and O–H groups in total. The molecule has 116 valence electrons. The first kappa shape index (κ1) is 15.7. The number of aromatic nitrogens is 3. The summed E-state index contributed by atoms with van der Waals surface area (Å²) in [4.78, 5) is 11.0. The van der Waals surface area contributed by atoms with E-state index in [2.05, 4.69) is 52.7 Å². The van der Waals surface area contributed by atoms with Crippen molar-refractivity contribution in [3.63, 3.8) is 0 Å². The Hall–Kier alpha value is -1.66. The zero-order valence-corrected chi connectivity index (χ0v) is 13.3. The molecule has 0 aliphatic heterocycles. The van der Waals surface area contributed by atoms with Crippen LogP contribution in [0.1, 0.15) is 17.7 Å². The van der Waals surface area contributed by atoms with Crippen LogP contribution >= 0.6 is 0 Å². The van der Waals surface area contributed by atoms with Gasteiger partial charge >= 0.3 is 0 Å². The fourth-order valence-corrected chi connectivity index (χ4v) is 2.60. The Morgan fingerprint density at radius 3 is 2.71 bits per heavy atom.